The molecule has 71 valence electrons. The fourth-order valence-corrected chi connectivity index (χ4v) is 3.73. The van der Waals surface area contributed by atoms with Crippen LogP contribution in [0.1, 0.15) is 40.5 Å². The Morgan fingerprint density at radius 1 is 1.17 bits per heavy atom. The number of hydrogen-bond acceptors (Lipinski definition) is 1. The quantitative estimate of drug-likeness (QED) is 0.592. The van der Waals surface area contributed by atoms with Gasteiger partial charge in [-0.25, -0.2) is 0 Å². The minimum Gasteiger partial charge on any atom is -0.144 e. The van der Waals surface area contributed by atoms with Crippen molar-refractivity contribution in [1.82, 2.24) is 5.06 Å². The smallest absolute Gasteiger partial charge is 0.0454 e. The van der Waals surface area contributed by atoms with Crippen molar-refractivity contribution in [3.63, 3.8) is 0 Å². The van der Waals surface area contributed by atoms with Gasteiger partial charge < -0.3 is 0 Å². The molecule has 0 saturated carbocycles. The second-order valence-corrected chi connectivity index (χ2v) is 6.22. The lowest BCUT2D eigenvalue weighted by molar-refractivity contribution is -0.285. The second kappa shape index (κ2) is 2.96. The summed E-state index contributed by atoms with van der Waals surface area (Å²) in [6.07, 6.45) is 1.86. The fraction of sp³-hybridized carbons (Fsp3) is 1.00. The molecule has 0 atom stereocenters. The van der Waals surface area contributed by atoms with Crippen molar-refractivity contribution in [1.29, 1.82) is 0 Å². The first kappa shape index (κ1) is 10.5. The average molecular weight is 235 g/mol. The highest BCUT2D eigenvalue weighted by Gasteiger charge is 2.45. The molecule has 0 amide bonds. The van der Waals surface area contributed by atoms with Gasteiger partial charge in [0.05, 0.1) is 0 Å². The van der Waals surface area contributed by atoms with Gasteiger partial charge in [0.15, 0.2) is 0 Å². The molecule has 0 aromatic heterocycles. The molecule has 1 radical (unpaired) electrons. The minimum absolute atomic E-state index is 0.226. The molecule has 1 aliphatic heterocycles. The molecule has 0 spiro atoms. The van der Waals surface area contributed by atoms with Gasteiger partial charge in [-0.2, -0.15) is 0 Å². The lowest BCUT2D eigenvalue weighted by Gasteiger charge is -2.48. The summed E-state index contributed by atoms with van der Waals surface area (Å²) >= 11 is 3.60. The van der Waals surface area contributed by atoms with Gasteiger partial charge in [0.1, 0.15) is 0 Å². The lowest BCUT2D eigenvalue weighted by atomic mass is 9.82. The number of hydrogen-bond donors (Lipinski definition) is 0. The third kappa shape index (κ3) is 1.83. The number of hydroxylamine groups is 2. The van der Waals surface area contributed by atoms with E-state index in [-0.39, 0.29) is 11.1 Å². The summed E-state index contributed by atoms with van der Waals surface area (Å²) in [5.74, 6) is 0. The van der Waals surface area contributed by atoms with Crippen LogP contribution in [0, 0.1) is 0 Å². The maximum atomic E-state index is 11.8. The molecule has 1 rings (SSSR count). The van der Waals surface area contributed by atoms with Gasteiger partial charge in [0.2, 0.25) is 0 Å². The Hall–Kier alpha value is 0.400. The van der Waals surface area contributed by atoms with E-state index in [0.29, 0.717) is 4.83 Å². The van der Waals surface area contributed by atoms with Crippen LogP contribution in [-0.2, 0) is 5.21 Å². The molecule has 3 heteroatoms. The highest BCUT2D eigenvalue weighted by atomic mass is 79.9. The molecule has 1 saturated heterocycles. The van der Waals surface area contributed by atoms with Crippen molar-refractivity contribution < 1.29 is 5.21 Å². The normalized spacial score (nSPS) is 30.5. The molecular weight excluding hydrogens is 218 g/mol. The summed E-state index contributed by atoms with van der Waals surface area (Å²) in [6, 6.07) is 0. The first-order valence-electron chi connectivity index (χ1n) is 4.37. The Bertz CT molecular complexity index is 161. The van der Waals surface area contributed by atoms with Gasteiger partial charge >= 0.3 is 0 Å². The topological polar surface area (TPSA) is 23.1 Å². The Kier molecular flexibility index (Phi) is 2.59. The van der Waals surface area contributed by atoms with Crippen molar-refractivity contribution in [2.45, 2.75) is 56.4 Å². The number of halogens is 1. The maximum absolute atomic E-state index is 11.8. The van der Waals surface area contributed by atoms with Gasteiger partial charge in [-0.05, 0) is 40.5 Å². The van der Waals surface area contributed by atoms with Crippen molar-refractivity contribution in [2.75, 3.05) is 0 Å². The van der Waals surface area contributed by atoms with E-state index in [1.54, 1.807) is 0 Å². The molecule has 1 aliphatic rings. The molecule has 2 nitrogen and oxygen atoms in total. The standard InChI is InChI=1S/C9H17BrNO/c1-8(2)5-7(10)6-9(3,4)11(8)12/h7H,5-6H2,1-4H3. The largest absolute Gasteiger partial charge is 0.144 e. The van der Waals surface area contributed by atoms with Crippen LogP contribution in [0.4, 0.5) is 0 Å². The molecule has 1 fully saturated rings. The molecule has 12 heavy (non-hydrogen) atoms. The Morgan fingerprint density at radius 3 is 1.83 bits per heavy atom. The van der Waals surface area contributed by atoms with E-state index < -0.39 is 0 Å². The Morgan fingerprint density at radius 2 is 1.50 bits per heavy atom. The van der Waals surface area contributed by atoms with E-state index in [1.165, 1.54) is 5.06 Å². The van der Waals surface area contributed by atoms with E-state index >= 15 is 0 Å². The Balaban J connectivity index is 2.84. The van der Waals surface area contributed by atoms with Crippen molar-refractivity contribution >= 4 is 15.9 Å². The van der Waals surface area contributed by atoms with Crippen LogP contribution in [0.5, 0.6) is 0 Å². The van der Waals surface area contributed by atoms with Crippen LogP contribution >= 0.6 is 15.9 Å². The summed E-state index contributed by atoms with van der Waals surface area (Å²) in [5, 5.41) is 13.1. The number of piperidine rings is 1. The van der Waals surface area contributed by atoms with E-state index in [1.807, 2.05) is 27.7 Å². The van der Waals surface area contributed by atoms with Crippen LogP contribution in [0.2, 0.25) is 0 Å². The predicted octanol–water partition coefficient (Wildman–Crippen LogP) is 2.75. The summed E-state index contributed by atoms with van der Waals surface area (Å²) in [5.41, 5.74) is -0.453. The maximum Gasteiger partial charge on any atom is 0.0454 e. The number of alkyl halides is 1. The predicted molar refractivity (Wildman–Crippen MR) is 52.6 cm³/mol. The van der Waals surface area contributed by atoms with Crippen LogP contribution in [0.3, 0.4) is 0 Å². The molecule has 0 N–H and O–H groups in total. The molecule has 0 aromatic carbocycles. The van der Waals surface area contributed by atoms with E-state index in [4.69, 9.17) is 0 Å². The van der Waals surface area contributed by atoms with E-state index in [9.17, 15) is 5.21 Å². The lowest BCUT2D eigenvalue weighted by Crippen LogP contribution is -2.58. The number of nitrogens with zero attached hydrogens (tertiary/aromatic N) is 1. The zero-order valence-corrected chi connectivity index (χ0v) is 9.81. The van der Waals surface area contributed by atoms with E-state index in [0.717, 1.165) is 12.8 Å². The van der Waals surface area contributed by atoms with Crippen LogP contribution < -0.4 is 0 Å². The first-order valence-corrected chi connectivity index (χ1v) is 5.29. The Labute approximate surface area is 83.0 Å². The van der Waals surface area contributed by atoms with E-state index in [2.05, 4.69) is 15.9 Å². The van der Waals surface area contributed by atoms with Gasteiger partial charge in [-0.3, -0.25) is 0 Å². The SMILES string of the molecule is CC1(C)CC(Br)CC(C)(C)N1[O]. The summed E-state index contributed by atoms with van der Waals surface area (Å²) < 4.78 is 0. The molecule has 1 heterocycles. The third-order valence-electron chi connectivity index (χ3n) is 2.54. The molecular formula is C9H17BrNO. The van der Waals surface area contributed by atoms with Gasteiger partial charge in [-0.15, -0.1) is 10.3 Å². The second-order valence-electron chi connectivity index (χ2n) is 4.92. The molecule has 0 unspecified atom stereocenters. The van der Waals surface area contributed by atoms with Crippen molar-refractivity contribution in [2.24, 2.45) is 0 Å². The van der Waals surface area contributed by atoms with Gasteiger partial charge in [0, 0.05) is 15.9 Å². The molecule has 0 bridgehead atoms. The molecule has 0 aliphatic carbocycles. The summed E-state index contributed by atoms with van der Waals surface area (Å²) in [4.78, 5) is 0.479. The van der Waals surface area contributed by atoms with Gasteiger partial charge in [0.25, 0.3) is 0 Å². The zero-order valence-electron chi connectivity index (χ0n) is 8.22. The van der Waals surface area contributed by atoms with Gasteiger partial charge in [-0.1, -0.05) is 15.9 Å². The summed E-state index contributed by atoms with van der Waals surface area (Å²) in [6.45, 7) is 8.04. The molecule has 0 aromatic rings. The minimum atomic E-state index is -0.226. The van der Waals surface area contributed by atoms with Crippen LogP contribution in [-0.4, -0.2) is 21.0 Å². The third-order valence-corrected chi connectivity index (χ3v) is 3.19. The highest BCUT2D eigenvalue weighted by Crippen LogP contribution is 2.39. The average Bonchev–Trinajstić information content (AvgIpc) is 1.80. The van der Waals surface area contributed by atoms with Crippen LogP contribution in [0.25, 0.3) is 0 Å². The highest BCUT2D eigenvalue weighted by molar-refractivity contribution is 9.09. The van der Waals surface area contributed by atoms with Crippen molar-refractivity contribution in [3.05, 3.63) is 0 Å². The van der Waals surface area contributed by atoms with Crippen molar-refractivity contribution in [3.8, 4) is 0 Å². The fourth-order valence-electron chi connectivity index (χ4n) is 2.14. The van der Waals surface area contributed by atoms with Crippen LogP contribution in [0.15, 0.2) is 0 Å². The number of rotatable bonds is 0. The first-order chi connectivity index (χ1) is 5.26. The monoisotopic (exact) mass is 234 g/mol. The zero-order chi connectivity index (χ0) is 9.57. The summed E-state index contributed by atoms with van der Waals surface area (Å²) in [7, 11) is 0.